The average Bonchev–Trinajstić information content (AvgIpc) is 2.91. The minimum absolute atomic E-state index is 0.148. The van der Waals surface area contributed by atoms with Crippen LogP contribution in [0.15, 0.2) is 72.8 Å². The van der Waals surface area contributed by atoms with Gasteiger partial charge in [0.25, 0.3) is 0 Å². The third kappa shape index (κ3) is 5.13. The Morgan fingerprint density at radius 3 is 2.56 bits per heavy atom. The maximum atomic E-state index is 6.16. The summed E-state index contributed by atoms with van der Waals surface area (Å²) >= 11 is 0. The molecule has 1 atom stereocenters. The van der Waals surface area contributed by atoms with Crippen molar-refractivity contribution >= 4 is 11.8 Å². The first-order valence-electron chi connectivity index (χ1n) is 12.4. The average molecular weight is 455 g/mol. The van der Waals surface area contributed by atoms with Gasteiger partial charge in [-0.05, 0) is 66.1 Å². The summed E-state index contributed by atoms with van der Waals surface area (Å²) in [5.74, 6) is 1.59. The molecule has 0 saturated carbocycles. The van der Waals surface area contributed by atoms with Crippen LogP contribution in [0.4, 0.5) is 5.69 Å². The van der Waals surface area contributed by atoms with Gasteiger partial charge in [0.2, 0.25) is 0 Å². The van der Waals surface area contributed by atoms with Gasteiger partial charge in [0.05, 0.1) is 13.2 Å². The van der Waals surface area contributed by atoms with E-state index in [0.717, 1.165) is 43.1 Å². The molecule has 1 fully saturated rings. The zero-order valence-corrected chi connectivity index (χ0v) is 20.0. The Morgan fingerprint density at radius 1 is 0.941 bits per heavy atom. The third-order valence-electron chi connectivity index (χ3n) is 6.86. The van der Waals surface area contributed by atoms with Crippen LogP contribution in [0.2, 0.25) is 0 Å². The molecule has 5 rings (SSSR count). The molecule has 0 bridgehead atoms. The standard InChI is InChI=1S/C30H34N2O2/c1-33-29-21-26-25(20-30(29)34-22-23-10-4-2-5-11-23)16-17-31-27(26)15-14-24-12-6-7-13-28(24)32-18-8-3-9-19-32/h2,4-7,10-15,20-21,27,31H,3,8-9,16-19,22H2,1H3/b15-14+. The largest absolute Gasteiger partial charge is 0.493 e. The highest BCUT2D eigenvalue weighted by atomic mass is 16.5. The molecule has 0 aliphatic carbocycles. The van der Waals surface area contributed by atoms with Gasteiger partial charge in [0, 0.05) is 25.3 Å². The molecule has 4 heteroatoms. The van der Waals surface area contributed by atoms with Crippen LogP contribution in [-0.4, -0.2) is 26.7 Å². The van der Waals surface area contributed by atoms with Crippen molar-refractivity contribution in [3.05, 3.63) is 95.1 Å². The monoisotopic (exact) mass is 454 g/mol. The summed E-state index contributed by atoms with van der Waals surface area (Å²) in [6.07, 6.45) is 9.47. The minimum atomic E-state index is 0.148. The number of fused-ring (bicyclic) bond motifs is 1. The van der Waals surface area contributed by atoms with Crippen molar-refractivity contribution in [1.82, 2.24) is 5.32 Å². The first-order chi connectivity index (χ1) is 16.8. The molecule has 0 radical (unpaired) electrons. The van der Waals surface area contributed by atoms with Crippen molar-refractivity contribution in [2.45, 2.75) is 38.3 Å². The van der Waals surface area contributed by atoms with Gasteiger partial charge in [-0.3, -0.25) is 0 Å². The molecule has 2 aliphatic rings. The number of para-hydroxylation sites is 1. The molecule has 3 aromatic rings. The van der Waals surface area contributed by atoms with E-state index >= 15 is 0 Å². The van der Waals surface area contributed by atoms with Crippen LogP contribution >= 0.6 is 0 Å². The van der Waals surface area contributed by atoms with E-state index in [2.05, 4.69) is 70.9 Å². The predicted molar refractivity (Wildman–Crippen MR) is 140 cm³/mol. The van der Waals surface area contributed by atoms with E-state index in [1.54, 1.807) is 7.11 Å². The molecule has 176 valence electrons. The lowest BCUT2D eigenvalue weighted by Crippen LogP contribution is -2.30. The molecule has 1 saturated heterocycles. The zero-order chi connectivity index (χ0) is 23.2. The van der Waals surface area contributed by atoms with Gasteiger partial charge in [-0.1, -0.05) is 60.7 Å². The van der Waals surface area contributed by atoms with Crippen LogP contribution in [-0.2, 0) is 13.0 Å². The maximum Gasteiger partial charge on any atom is 0.161 e. The summed E-state index contributed by atoms with van der Waals surface area (Å²) in [5, 5.41) is 3.68. The number of piperidine rings is 1. The van der Waals surface area contributed by atoms with Crippen LogP contribution in [0.25, 0.3) is 6.08 Å². The Kier molecular flexibility index (Phi) is 7.16. The molecule has 0 aromatic heterocycles. The summed E-state index contributed by atoms with van der Waals surface area (Å²) in [6, 6.07) is 23.5. The smallest absolute Gasteiger partial charge is 0.161 e. The number of ether oxygens (including phenoxy) is 2. The van der Waals surface area contributed by atoms with Gasteiger partial charge in [0.15, 0.2) is 11.5 Å². The van der Waals surface area contributed by atoms with Crippen LogP contribution in [0.3, 0.4) is 0 Å². The second-order valence-electron chi connectivity index (χ2n) is 9.12. The van der Waals surface area contributed by atoms with Gasteiger partial charge in [-0.25, -0.2) is 0 Å². The molecule has 0 amide bonds. The Labute approximate surface area is 203 Å². The predicted octanol–water partition coefficient (Wildman–Crippen LogP) is 6.16. The van der Waals surface area contributed by atoms with Crippen molar-refractivity contribution in [3.63, 3.8) is 0 Å². The topological polar surface area (TPSA) is 33.7 Å². The van der Waals surface area contributed by atoms with Gasteiger partial charge < -0.3 is 19.7 Å². The molecule has 2 aliphatic heterocycles. The fourth-order valence-corrected chi connectivity index (χ4v) is 5.03. The number of hydrogen-bond donors (Lipinski definition) is 1. The van der Waals surface area contributed by atoms with Crippen LogP contribution in [0.5, 0.6) is 11.5 Å². The number of nitrogens with one attached hydrogen (secondary N) is 1. The van der Waals surface area contributed by atoms with Crippen molar-refractivity contribution in [2.75, 3.05) is 31.6 Å². The molecule has 0 spiro atoms. The van der Waals surface area contributed by atoms with Crippen LogP contribution in [0, 0.1) is 0 Å². The Balaban J connectivity index is 1.37. The number of nitrogens with zero attached hydrogens (tertiary/aromatic N) is 1. The Hall–Kier alpha value is -3.24. The molecule has 1 N–H and O–H groups in total. The molecule has 2 heterocycles. The lowest BCUT2D eigenvalue weighted by molar-refractivity contribution is 0.283. The lowest BCUT2D eigenvalue weighted by atomic mass is 9.92. The van der Waals surface area contributed by atoms with E-state index in [-0.39, 0.29) is 6.04 Å². The fourth-order valence-electron chi connectivity index (χ4n) is 5.03. The number of anilines is 1. The highest BCUT2D eigenvalue weighted by molar-refractivity contribution is 5.68. The SMILES string of the molecule is COc1cc2c(cc1OCc1ccccc1)CCNC2/C=C/c1ccccc1N1CCCCC1. The lowest BCUT2D eigenvalue weighted by Gasteiger charge is -2.30. The molecule has 4 nitrogen and oxygen atoms in total. The molecular weight excluding hydrogens is 420 g/mol. The molecule has 34 heavy (non-hydrogen) atoms. The van der Waals surface area contributed by atoms with E-state index in [1.165, 1.54) is 41.6 Å². The van der Waals surface area contributed by atoms with Gasteiger partial charge >= 0.3 is 0 Å². The Bertz CT molecular complexity index is 1120. The number of benzene rings is 3. The number of rotatable bonds is 7. The summed E-state index contributed by atoms with van der Waals surface area (Å²) in [6.45, 7) is 3.78. The van der Waals surface area contributed by atoms with Crippen molar-refractivity contribution in [2.24, 2.45) is 0 Å². The van der Waals surface area contributed by atoms with Crippen LogP contribution in [0.1, 0.15) is 47.6 Å². The van der Waals surface area contributed by atoms with E-state index in [1.807, 2.05) is 18.2 Å². The van der Waals surface area contributed by atoms with Crippen molar-refractivity contribution in [3.8, 4) is 11.5 Å². The second-order valence-corrected chi connectivity index (χ2v) is 9.12. The van der Waals surface area contributed by atoms with E-state index in [0.29, 0.717) is 6.61 Å². The maximum absolute atomic E-state index is 6.16. The zero-order valence-electron chi connectivity index (χ0n) is 20.0. The summed E-state index contributed by atoms with van der Waals surface area (Å²) in [5.41, 5.74) is 6.37. The highest BCUT2D eigenvalue weighted by Crippen LogP contribution is 2.37. The van der Waals surface area contributed by atoms with Gasteiger partial charge in [-0.2, -0.15) is 0 Å². The molecule has 3 aromatic carbocycles. The summed E-state index contributed by atoms with van der Waals surface area (Å²) < 4.78 is 11.9. The van der Waals surface area contributed by atoms with Gasteiger partial charge in [0.1, 0.15) is 6.61 Å². The highest BCUT2D eigenvalue weighted by Gasteiger charge is 2.21. The molecular formula is C30H34N2O2. The van der Waals surface area contributed by atoms with Gasteiger partial charge in [-0.15, -0.1) is 0 Å². The minimum Gasteiger partial charge on any atom is -0.493 e. The number of hydrogen-bond acceptors (Lipinski definition) is 4. The first kappa shape index (κ1) is 22.5. The van der Waals surface area contributed by atoms with E-state index < -0.39 is 0 Å². The fraction of sp³-hybridized carbons (Fsp3) is 0.333. The van der Waals surface area contributed by atoms with Crippen molar-refractivity contribution < 1.29 is 9.47 Å². The summed E-state index contributed by atoms with van der Waals surface area (Å²) in [4.78, 5) is 2.53. The third-order valence-corrected chi connectivity index (χ3v) is 6.86. The normalized spacial score (nSPS) is 18.0. The Morgan fingerprint density at radius 2 is 1.74 bits per heavy atom. The van der Waals surface area contributed by atoms with Crippen LogP contribution < -0.4 is 19.7 Å². The summed E-state index contributed by atoms with van der Waals surface area (Å²) in [7, 11) is 1.72. The second kappa shape index (κ2) is 10.8. The quantitative estimate of drug-likeness (QED) is 0.463. The van der Waals surface area contributed by atoms with E-state index in [4.69, 9.17) is 9.47 Å². The first-order valence-corrected chi connectivity index (χ1v) is 12.4. The van der Waals surface area contributed by atoms with E-state index in [9.17, 15) is 0 Å². The number of methoxy groups -OCH3 is 1. The molecule has 1 unspecified atom stereocenters. The van der Waals surface area contributed by atoms with Crippen molar-refractivity contribution in [1.29, 1.82) is 0 Å².